The Morgan fingerprint density at radius 3 is 2.78 bits per heavy atom. The Bertz CT molecular complexity index is 504. The monoisotopic (exact) mass is 281 g/mol. The van der Waals surface area contributed by atoms with E-state index in [-0.39, 0.29) is 11.3 Å². The van der Waals surface area contributed by atoms with Gasteiger partial charge in [-0.1, -0.05) is 18.7 Å². The molecule has 0 aliphatic carbocycles. The third kappa shape index (κ3) is 2.96. The molecule has 0 saturated heterocycles. The van der Waals surface area contributed by atoms with E-state index in [1.165, 1.54) is 9.75 Å². The molecule has 18 heavy (non-hydrogen) atoms. The van der Waals surface area contributed by atoms with Gasteiger partial charge in [0.2, 0.25) is 0 Å². The van der Waals surface area contributed by atoms with Crippen LogP contribution in [0.2, 0.25) is 0 Å². The normalized spacial score (nSPS) is 14.7. The van der Waals surface area contributed by atoms with Gasteiger partial charge < -0.3 is 10.3 Å². The molecule has 0 aromatic carbocycles. The molecule has 0 aliphatic rings. The maximum Gasteiger partial charge on any atom is 0.168 e. The van der Waals surface area contributed by atoms with Gasteiger partial charge in [-0.3, -0.25) is 0 Å². The molecule has 2 heterocycles. The maximum atomic E-state index is 6.27. The molecule has 2 rings (SSSR count). The Kier molecular flexibility index (Phi) is 4.48. The first-order valence-electron chi connectivity index (χ1n) is 6.07. The fraction of sp³-hybridized carbons (Fsp3) is 0.462. The minimum Gasteiger partial charge on any atom is -0.329 e. The number of hydrogen-bond donors (Lipinski definition) is 1. The standard InChI is InChI=1S/C13H19N3S2/c1-4-10(14)12(11-6-5-9(2)17-11)18-13-15-7-8-16(13)3/h5-8,10,12H,4,14H2,1-3H3. The van der Waals surface area contributed by atoms with Crippen LogP contribution in [0.25, 0.3) is 0 Å². The summed E-state index contributed by atoms with van der Waals surface area (Å²) in [7, 11) is 2.02. The SMILES string of the molecule is CCC(N)C(Sc1nccn1C)c1ccc(C)s1. The molecule has 2 atom stereocenters. The average Bonchev–Trinajstić information content (AvgIpc) is 2.94. The molecular weight excluding hydrogens is 262 g/mol. The van der Waals surface area contributed by atoms with Gasteiger partial charge in [-0.05, 0) is 25.5 Å². The molecule has 98 valence electrons. The largest absolute Gasteiger partial charge is 0.329 e. The molecule has 2 aromatic rings. The lowest BCUT2D eigenvalue weighted by Gasteiger charge is -2.20. The minimum atomic E-state index is 0.157. The van der Waals surface area contributed by atoms with Crippen LogP contribution in [0.15, 0.2) is 29.7 Å². The van der Waals surface area contributed by atoms with E-state index in [4.69, 9.17) is 5.73 Å². The van der Waals surface area contributed by atoms with Crippen LogP contribution < -0.4 is 5.73 Å². The van der Waals surface area contributed by atoms with Gasteiger partial charge in [0.1, 0.15) is 0 Å². The van der Waals surface area contributed by atoms with Crippen molar-refractivity contribution in [2.45, 2.75) is 36.7 Å². The number of imidazole rings is 1. The number of thiophene rings is 1. The molecule has 0 amide bonds. The molecule has 0 bridgehead atoms. The molecule has 0 aliphatic heterocycles. The van der Waals surface area contributed by atoms with E-state index in [0.717, 1.165) is 11.6 Å². The van der Waals surface area contributed by atoms with Crippen LogP contribution >= 0.6 is 23.1 Å². The third-order valence-corrected chi connectivity index (χ3v) is 5.61. The summed E-state index contributed by atoms with van der Waals surface area (Å²) >= 11 is 3.59. The Balaban J connectivity index is 2.23. The van der Waals surface area contributed by atoms with Crippen LogP contribution in [-0.4, -0.2) is 15.6 Å². The van der Waals surface area contributed by atoms with Crippen LogP contribution in [0, 0.1) is 6.92 Å². The van der Waals surface area contributed by atoms with Gasteiger partial charge in [0.05, 0.1) is 5.25 Å². The zero-order valence-corrected chi connectivity index (χ0v) is 12.6. The van der Waals surface area contributed by atoms with Crippen molar-refractivity contribution < 1.29 is 0 Å². The molecule has 0 fully saturated rings. The van der Waals surface area contributed by atoms with E-state index in [1.807, 2.05) is 35.3 Å². The summed E-state index contributed by atoms with van der Waals surface area (Å²) in [6, 6.07) is 4.51. The van der Waals surface area contributed by atoms with Gasteiger partial charge in [0.15, 0.2) is 5.16 Å². The maximum absolute atomic E-state index is 6.27. The highest BCUT2D eigenvalue weighted by Crippen LogP contribution is 2.40. The van der Waals surface area contributed by atoms with Crippen molar-refractivity contribution in [3.63, 3.8) is 0 Å². The van der Waals surface area contributed by atoms with Crippen molar-refractivity contribution in [1.82, 2.24) is 9.55 Å². The van der Waals surface area contributed by atoms with E-state index >= 15 is 0 Å². The Labute approximate surface area is 116 Å². The average molecular weight is 281 g/mol. The highest BCUT2D eigenvalue weighted by Gasteiger charge is 2.23. The van der Waals surface area contributed by atoms with E-state index in [2.05, 4.69) is 31.0 Å². The second-order valence-corrected chi connectivity index (χ2v) is 6.81. The number of aryl methyl sites for hydroxylation is 2. The first-order chi connectivity index (χ1) is 8.61. The Hall–Kier alpha value is -0.780. The molecule has 0 spiro atoms. The van der Waals surface area contributed by atoms with Crippen LogP contribution in [-0.2, 0) is 7.05 Å². The second-order valence-electron chi connectivity index (χ2n) is 4.38. The number of nitrogens with two attached hydrogens (primary N) is 1. The fourth-order valence-corrected chi connectivity index (χ4v) is 4.12. The lowest BCUT2D eigenvalue weighted by molar-refractivity contribution is 0.636. The summed E-state index contributed by atoms with van der Waals surface area (Å²) in [5.41, 5.74) is 6.27. The third-order valence-electron chi connectivity index (χ3n) is 2.91. The molecule has 0 saturated carbocycles. The summed E-state index contributed by atoms with van der Waals surface area (Å²) in [5.74, 6) is 0. The van der Waals surface area contributed by atoms with Crippen molar-refractivity contribution in [2.75, 3.05) is 0 Å². The fourth-order valence-electron chi connectivity index (χ4n) is 1.76. The molecule has 0 radical (unpaired) electrons. The lowest BCUT2D eigenvalue weighted by atomic mass is 10.1. The van der Waals surface area contributed by atoms with Crippen molar-refractivity contribution in [3.05, 3.63) is 34.3 Å². The number of aromatic nitrogens is 2. The highest BCUT2D eigenvalue weighted by atomic mass is 32.2. The Morgan fingerprint density at radius 2 is 2.28 bits per heavy atom. The van der Waals surface area contributed by atoms with Crippen LogP contribution in [0.3, 0.4) is 0 Å². The van der Waals surface area contributed by atoms with Gasteiger partial charge in [-0.15, -0.1) is 11.3 Å². The first kappa shape index (κ1) is 13.6. The van der Waals surface area contributed by atoms with Gasteiger partial charge >= 0.3 is 0 Å². The van der Waals surface area contributed by atoms with Crippen molar-refractivity contribution in [1.29, 1.82) is 0 Å². The van der Waals surface area contributed by atoms with Crippen molar-refractivity contribution in [3.8, 4) is 0 Å². The van der Waals surface area contributed by atoms with Crippen LogP contribution in [0.5, 0.6) is 0 Å². The number of nitrogens with zero attached hydrogens (tertiary/aromatic N) is 2. The molecule has 5 heteroatoms. The summed E-state index contributed by atoms with van der Waals surface area (Å²) in [4.78, 5) is 7.05. The summed E-state index contributed by atoms with van der Waals surface area (Å²) in [5, 5.41) is 1.31. The van der Waals surface area contributed by atoms with Crippen LogP contribution in [0.4, 0.5) is 0 Å². The second kappa shape index (κ2) is 5.91. The van der Waals surface area contributed by atoms with E-state index in [0.29, 0.717) is 0 Å². The minimum absolute atomic E-state index is 0.157. The summed E-state index contributed by atoms with van der Waals surface area (Å²) < 4.78 is 2.04. The van der Waals surface area contributed by atoms with Crippen molar-refractivity contribution in [2.24, 2.45) is 12.8 Å². The summed E-state index contributed by atoms with van der Waals surface area (Å²) in [6.07, 6.45) is 4.77. The highest BCUT2D eigenvalue weighted by molar-refractivity contribution is 7.99. The smallest absolute Gasteiger partial charge is 0.168 e. The molecule has 3 nitrogen and oxygen atoms in total. The predicted octanol–water partition coefficient (Wildman–Crippen LogP) is 3.36. The van der Waals surface area contributed by atoms with E-state index < -0.39 is 0 Å². The topological polar surface area (TPSA) is 43.8 Å². The predicted molar refractivity (Wildman–Crippen MR) is 79.1 cm³/mol. The molecular formula is C13H19N3S2. The molecule has 2 unspecified atom stereocenters. The molecule has 2 N–H and O–H groups in total. The van der Waals surface area contributed by atoms with Gasteiger partial charge in [0, 0.05) is 35.2 Å². The lowest BCUT2D eigenvalue weighted by Crippen LogP contribution is -2.25. The number of thioether (sulfide) groups is 1. The van der Waals surface area contributed by atoms with Crippen LogP contribution in [0.1, 0.15) is 28.3 Å². The van der Waals surface area contributed by atoms with Gasteiger partial charge in [0.25, 0.3) is 0 Å². The first-order valence-corrected chi connectivity index (χ1v) is 7.77. The Morgan fingerprint density at radius 1 is 1.50 bits per heavy atom. The quantitative estimate of drug-likeness (QED) is 0.855. The molecule has 2 aromatic heterocycles. The van der Waals surface area contributed by atoms with Crippen molar-refractivity contribution >= 4 is 23.1 Å². The number of rotatable bonds is 5. The zero-order chi connectivity index (χ0) is 13.1. The van der Waals surface area contributed by atoms with E-state index in [1.54, 1.807) is 11.8 Å². The van der Waals surface area contributed by atoms with E-state index in [9.17, 15) is 0 Å². The number of hydrogen-bond acceptors (Lipinski definition) is 4. The van der Waals surface area contributed by atoms with Gasteiger partial charge in [-0.2, -0.15) is 0 Å². The summed E-state index contributed by atoms with van der Waals surface area (Å²) in [6.45, 7) is 4.27. The zero-order valence-electron chi connectivity index (χ0n) is 11.0. The van der Waals surface area contributed by atoms with Gasteiger partial charge in [-0.25, -0.2) is 4.98 Å².